The van der Waals surface area contributed by atoms with Crippen LogP contribution < -0.4 is 4.74 Å². The fourth-order valence-corrected chi connectivity index (χ4v) is 3.43. The molecule has 1 aliphatic heterocycles. The lowest BCUT2D eigenvalue weighted by atomic mass is 9.94. The van der Waals surface area contributed by atoms with Gasteiger partial charge in [-0.25, -0.2) is 0 Å². The highest BCUT2D eigenvalue weighted by Crippen LogP contribution is 2.31. The Kier molecular flexibility index (Phi) is 7.61. The highest BCUT2D eigenvalue weighted by atomic mass is 16.5. The van der Waals surface area contributed by atoms with Gasteiger partial charge in [0.2, 0.25) is 0 Å². The summed E-state index contributed by atoms with van der Waals surface area (Å²) in [5.74, 6) is 1.58. The molecule has 2 heterocycles. The van der Waals surface area contributed by atoms with Gasteiger partial charge in [-0.3, -0.25) is 9.88 Å². The molecule has 4 nitrogen and oxygen atoms in total. The molecule has 1 aromatic carbocycles. The lowest BCUT2D eigenvalue weighted by molar-refractivity contribution is 0.0398. The van der Waals surface area contributed by atoms with Crippen LogP contribution in [0.4, 0.5) is 0 Å². The summed E-state index contributed by atoms with van der Waals surface area (Å²) in [7, 11) is 1.66. The quantitative estimate of drug-likeness (QED) is 0.814. The summed E-state index contributed by atoms with van der Waals surface area (Å²) in [6, 6.07) is 7.83. The molecule has 2 unspecified atom stereocenters. The number of allylic oxidation sites excluding steroid dienone is 1. The van der Waals surface area contributed by atoms with Crippen molar-refractivity contribution in [3.63, 3.8) is 0 Å². The van der Waals surface area contributed by atoms with Crippen molar-refractivity contribution < 1.29 is 9.84 Å². The topological polar surface area (TPSA) is 45.6 Å². The van der Waals surface area contributed by atoms with Gasteiger partial charge in [-0.2, -0.15) is 0 Å². The number of hydrogen-bond acceptors (Lipinski definition) is 4. The van der Waals surface area contributed by atoms with Crippen molar-refractivity contribution in [3.05, 3.63) is 48.7 Å². The summed E-state index contributed by atoms with van der Waals surface area (Å²) in [4.78, 5) is 6.80. The summed E-state index contributed by atoms with van der Waals surface area (Å²) < 4.78 is 5.33. The zero-order valence-electron chi connectivity index (χ0n) is 16.5. The SMILES string of the molecule is C=CC.COc1ccc2nccc(C(O)C(C)N3CCC(C)CC3)c2c1. The molecule has 2 aromatic rings. The van der Waals surface area contributed by atoms with E-state index in [0.717, 1.165) is 41.2 Å². The van der Waals surface area contributed by atoms with E-state index in [9.17, 15) is 5.11 Å². The monoisotopic (exact) mass is 356 g/mol. The van der Waals surface area contributed by atoms with Crippen LogP contribution in [0.2, 0.25) is 0 Å². The molecule has 1 N–H and O–H groups in total. The molecule has 26 heavy (non-hydrogen) atoms. The summed E-state index contributed by atoms with van der Waals surface area (Å²) in [6.45, 7) is 11.8. The normalized spacial score (nSPS) is 17.9. The number of nitrogens with zero attached hydrogens (tertiary/aromatic N) is 2. The first-order valence-electron chi connectivity index (χ1n) is 9.43. The van der Waals surface area contributed by atoms with Crippen molar-refractivity contribution in [1.82, 2.24) is 9.88 Å². The number of piperidine rings is 1. The standard InChI is InChI=1S/C19H26N2O2.C3H6/c1-13-7-10-21(11-8-13)14(2)19(22)16-6-9-20-18-5-4-15(23-3)12-17(16)18;1-3-2/h4-6,9,12-14,19,22H,7-8,10-11H2,1-3H3;3H,1H2,2H3. The number of likely N-dealkylation sites (tertiary alicyclic amines) is 1. The van der Waals surface area contributed by atoms with E-state index in [1.54, 1.807) is 19.4 Å². The van der Waals surface area contributed by atoms with E-state index in [0.29, 0.717) is 0 Å². The van der Waals surface area contributed by atoms with Gasteiger partial charge in [-0.1, -0.05) is 13.0 Å². The van der Waals surface area contributed by atoms with Crippen LogP contribution in [0.3, 0.4) is 0 Å². The molecule has 4 heteroatoms. The van der Waals surface area contributed by atoms with Crippen molar-refractivity contribution in [2.24, 2.45) is 5.92 Å². The van der Waals surface area contributed by atoms with Gasteiger partial charge >= 0.3 is 0 Å². The number of benzene rings is 1. The summed E-state index contributed by atoms with van der Waals surface area (Å²) in [6.07, 6.45) is 5.42. The maximum atomic E-state index is 11.0. The minimum atomic E-state index is -0.527. The summed E-state index contributed by atoms with van der Waals surface area (Å²) in [5.41, 5.74) is 1.82. The Morgan fingerprint density at radius 2 is 1.96 bits per heavy atom. The number of pyridine rings is 1. The van der Waals surface area contributed by atoms with E-state index >= 15 is 0 Å². The predicted molar refractivity (Wildman–Crippen MR) is 109 cm³/mol. The van der Waals surface area contributed by atoms with Crippen molar-refractivity contribution in [1.29, 1.82) is 0 Å². The van der Waals surface area contributed by atoms with Gasteiger partial charge in [0, 0.05) is 17.6 Å². The lowest BCUT2D eigenvalue weighted by Crippen LogP contribution is -2.42. The van der Waals surface area contributed by atoms with Crippen molar-refractivity contribution in [2.75, 3.05) is 20.2 Å². The zero-order valence-corrected chi connectivity index (χ0v) is 16.5. The molecule has 1 aromatic heterocycles. The highest BCUT2D eigenvalue weighted by molar-refractivity contribution is 5.83. The number of aliphatic hydroxyl groups is 1. The Bertz CT molecular complexity index is 708. The Morgan fingerprint density at radius 3 is 2.58 bits per heavy atom. The molecule has 0 radical (unpaired) electrons. The van der Waals surface area contributed by atoms with E-state index in [-0.39, 0.29) is 6.04 Å². The van der Waals surface area contributed by atoms with Crippen LogP contribution in [0.5, 0.6) is 5.75 Å². The molecule has 0 aliphatic carbocycles. The fraction of sp³-hybridized carbons (Fsp3) is 0.500. The lowest BCUT2D eigenvalue weighted by Gasteiger charge is -2.37. The molecule has 0 saturated carbocycles. The van der Waals surface area contributed by atoms with Crippen LogP contribution >= 0.6 is 0 Å². The van der Waals surface area contributed by atoms with Crippen LogP contribution in [0.25, 0.3) is 10.9 Å². The second-order valence-electron chi connectivity index (χ2n) is 7.10. The molecule has 0 spiro atoms. The van der Waals surface area contributed by atoms with E-state index in [1.165, 1.54) is 12.8 Å². The summed E-state index contributed by atoms with van der Waals surface area (Å²) in [5, 5.41) is 11.9. The second kappa shape index (κ2) is 9.70. The van der Waals surface area contributed by atoms with E-state index in [2.05, 4.69) is 30.3 Å². The number of methoxy groups -OCH3 is 1. The van der Waals surface area contributed by atoms with Crippen LogP contribution in [-0.4, -0.2) is 41.2 Å². The van der Waals surface area contributed by atoms with E-state index in [1.807, 2.05) is 31.2 Å². The minimum absolute atomic E-state index is 0.0966. The third-order valence-electron chi connectivity index (χ3n) is 5.15. The Labute approximate surface area is 157 Å². The van der Waals surface area contributed by atoms with Gasteiger partial charge in [0.15, 0.2) is 0 Å². The number of aromatic nitrogens is 1. The molecule has 2 atom stereocenters. The van der Waals surface area contributed by atoms with Gasteiger partial charge in [-0.05, 0) is 75.5 Å². The molecule has 1 fully saturated rings. The number of hydrogen-bond donors (Lipinski definition) is 1. The van der Waals surface area contributed by atoms with Gasteiger partial charge in [-0.15, -0.1) is 6.58 Å². The van der Waals surface area contributed by atoms with Gasteiger partial charge < -0.3 is 9.84 Å². The van der Waals surface area contributed by atoms with Crippen molar-refractivity contribution >= 4 is 10.9 Å². The zero-order chi connectivity index (χ0) is 19.1. The number of ether oxygens (including phenoxy) is 1. The summed E-state index contributed by atoms with van der Waals surface area (Å²) >= 11 is 0. The third kappa shape index (κ3) is 4.83. The first-order chi connectivity index (χ1) is 12.5. The molecule has 0 bridgehead atoms. The van der Waals surface area contributed by atoms with Crippen molar-refractivity contribution in [3.8, 4) is 5.75 Å². The van der Waals surface area contributed by atoms with Gasteiger partial charge in [0.1, 0.15) is 5.75 Å². The van der Waals surface area contributed by atoms with Crippen LogP contribution in [0.15, 0.2) is 43.1 Å². The average Bonchev–Trinajstić information content (AvgIpc) is 2.67. The first kappa shape index (κ1) is 20.4. The number of aliphatic hydroxyl groups excluding tert-OH is 1. The molecule has 142 valence electrons. The molecule has 3 rings (SSSR count). The Morgan fingerprint density at radius 1 is 1.31 bits per heavy atom. The minimum Gasteiger partial charge on any atom is -0.497 e. The van der Waals surface area contributed by atoms with E-state index < -0.39 is 6.10 Å². The Hall–Kier alpha value is -1.91. The maximum absolute atomic E-state index is 11.0. The molecular weight excluding hydrogens is 324 g/mol. The van der Waals surface area contributed by atoms with E-state index in [4.69, 9.17) is 4.74 Å². The van der Waals surface area contributed by atoms with Crippen LogP contribution in [-0.2, 0) is 0 Å². The van der Waals surface area contributed by atoms with Gasteiger partial charge in [0.25, 0.3) is 0 Å². The molecule has 1 aliphatic rings. The molecule has 1 saturated heterocycles. The van der Waals surface area contributed by atoms with Crippen LogP contribution in [0, 0.1) is 5.92 Å². The van der Waals surface area contributed by atoms with Gasteiger partial charge in [0.05, 0.1) is 18.7 Å². The number of rotatable bonds is 4. The molecule has 0 amide bonds. The second-order valence-corrected chi connectivity index (χ2v) is 7.10. The maximum Gasteiger partial charge on any atom is 0.119 e. The smallest absolute Gasteiger partial charge is 0.119 e. The predicted octanol–water partition coefficient (Wildman–Crippen LogP) is 4.59. The fourth-order valence-electron chi connectivity index (χ4n) is 3.43. The first-order valence-corrected chi connectivity index (χ1v) is 9.43. The Balaban J connectivity index is 0.000000758. The molecular formula is C22H32N2O2. The largest absolute Gasteiger partial charge is 0.497 e. The van der Waals surface area contributed by atoms with Crippen LogP contribution in [0.1, 0.15) is 45.3 Å². The highest BCUT2D eigenvalue weighted by Gasteiger charge is 2.27. The third-order valence-corrected chi connectivity index (χ3v) is 5.15. The van der Waals surface area contributed by atoms with Crippen molar-refractivity contribution in [2.45, 2.75) is 45.8 Å². The average molecular weight is 357 g/mol. The number of fused-ring (bicyclic) bond motifs is 1.